The first-order valence-electron chi connectivity index (χ1n) is 3.55. The molecule has 0 saturated carbocycles. The zero-order valence-electron chi connectivity index (χ0n) is 7.05. The molecule has 0 saturated heterocycles. The summed E-state index contributed by atoms with van der Waals surface area (Å²) in [7, 11) is 1.59. The van der Waals surface area contributed by atoms with Crippen molar-refractivity contribution in [2.24, 2.45) is 5.84 Å². The third kappa shape index (κ3) is 3.25. The third-order valence-corrected chi connectivity index (χ3v) is 4.45. The third-order valence-electron chi connectivity index (χ3n) is 1.34. The number of hydrazine groups is 1. The minimum absolute atomic E-state index is 0.637. The summed E-state index contributed by atoms with van der Waals surface area (Å²) in [6, 6.07) is 9.15. The van der Waals surface area contributed by atoms with Crippen LogP contribution in [0.2, 0.25) is 0 Å². The van der Waals surface area contributed by atoms with Gasteiger partial charge in [0.25, 0.3) is 5.77 Å². The molecule has 0 radical (unpaired) electrons. The van der Waals surface area contributed by atoms with E-state index in [4.69, 9.17) is 33.4 Å². The number of benzene rings is 1. The van der Waals surface area contributed by atoms with Crippen LogP contribution in [0.4, 0.5) is 0 Å². The second-order valence-corrected chi connectivity index (χ2v) is 7.61. The minimum Gasteiger partial charge on any atom is -0.440 e. The van der Waals surface area contributed by atoms with E-state index in [0.29, 0.717) is 5.75 Å². The van der Waals surface area contributed by atoms with Gasteiger partial charge < -0.3 is 4.52 Å². The molecule has 0 amide bonds. The van der Waals surface area contributed by atoms with Gasteiger partial charge in [-0.1, -0.05) is 18.2 Å². The van der Waals surface area contributed by atoms with Crippen molar-refractivity contribution >= 4 is 28.8 Å². The number of nitrogens with zero attached hydrogens (tertiary/aromatic N) is 1. The molecule has 0 aliphatic rings. The largest absolute Gasteiger partial charge is 0.440 e. The quantitative estimate of drug-likeness (QED) is 0.497. The normalized spacial score (nSPS) is 15.4. The molecule has 72 valence electrons. The van der Waals surface area contributed by atoms with Crippen molar-refractivity contribution in [2.45, 2.75) is 0 Å². The number of nitrogens with two attached hydrogens (primary N) is 1. The van der Waals surface area contributed by atoms with Gasteiger partial charge in [-0.2, -0.15) is 4.78 Å². The molecule has 0 spiro atoms. The highest BCUT2D eigenvalue weighted by molar-refractivity contribution is 8.23. The van der Waals surface area contributed by atoms with Gasteiger partial charge in [-0.15, -0.1) is 0 Å². The average Bonchev–Trinajstić information content (AvgIpc) is 2.05. The first kappa shape index (κ1) is 11.0. The van der Waals surface area contributed by atoms with Gasteiger partial charge in [-0.05, 0) is 35.2 Å². The topological polar surface area (TPSA) is 38.5 Å². The summed E-state index contributed by atoms with van der Waals surface area (Å²) in [5.41, 5.74) is 0. The van der Waals surface area contributed by atoms with Gasteiger partial charge in [0.1, 0.15) is 5.75 Å². The van der Waals surface area contributed by atoms with Crippen LogP contribution in [-0.2, 0) is 11.8 Å². The first-order valence-corrected chi connectivity index (χ1v) is 7.13. The standard InChI is InChI=1S/C7H10ClN2OPS/c1-10(9)12(8,13)11-7-5-3-2-4-6-7/h2-6H,9H2,1H3. The van der Waals surface area contributed by atoms with Crippen LogP contribution in [0.5, 0.6) is 5.75 Å². The maximum atomic E-state index is 5.91. The van der Waals surface area contributed by atoms with E-state index in [-0.39, 0.29) is 0 Å². The van der Waals surface area contributed by atoms with E-state index < -0.39 is 5.77 Å². The van der Waals surface area contributed by atoms with Crippen LogP contribution in [-0.4, -0.2) is 11.8 Å². The summed E-state index contributed by atoms with van der Waals surface area (Å²) in [6.45, 7) is 0. The van der Waals surface area contributed by atoms with Crippen molar-refractivity contribution in [3.63, 3.8) is 0 Å². The summed E-state index contributed by atoms with van der Waals surface area (Å²) < 4.78 is 6.59. The Labute approximate surface area is 87.3 Å². The van der Waals surface area contributed by atoms with E-state index in [0.717, 1.165) is 0 Å². The highest BCUT2D eigenvalue weighted by atomic mass is 35.7. The average molecular weight is 237 g/mol. The lowest BCUT2D eigenvalue weighted by atomic mass is 10.3. The lowest BCUT2D eigenvalue weighted by Gasteiger charge is -2.21. The fraction of sp³-hybridized carbons (Fsp3) is 0.143. The van der Waals surface area contributed by atoms with E-state index >= 15 is 0 Å². The van der Waals surface area contributed by atoms with Crippen LogP contribution in [0.3, 0.4) is 0 Å². The molecule has 0 heterocycles. The Morgan fingerprint density at radius 1 is 1.46 bits per heavy atom. The number of hydrogen-bond acceptors (Lipinski definition) is 3. The van der Waals surface area contributed by atoms with E-state index in [1.165, 1.54) is 4.78 Å². The minimum atomic E-state index is -2.57. The molecule has 1 rings (SSSR count). The second-order valence-electron chi connectivity index (χ2n) is 2.43. The van der Waals surface area contributed by atoms with Gasteiger partial charge in [0.05, 0.1) is 0 Å². The van der Waals surface area contributed by atoms with Gasteiger partial charge in [-0.25, -0.2) is 0 Å². The highest BCUT2D eigenvalue weighted by Gasteiger charge is 2.18. The zero-order chi connectivity index (χ0) is 9.90. The molecule has 1 atom stereocenters. The zero-order valence-corrected chi connectivity index (χ0v) is 9.52. The molecule has 0 aliphatic carbocycles. The molecule has 13 heavy (non-hydrogen) atoms. The van der Waals surface area contributed by atoms with Crippen LogP contribution < -0.4 is 10.4 Å². The van der Waals surface area contributed by atoms with Crippen LogP contribution in [0.25, 0.3) is 0 Å². The van der Waals surface area contributed by atoms with Crippen molar-refractivity contribution in [2.75, 3.05) is 7.05 Å². The van der Waals surface area contributed by atoms with Gasteiger partial charge >= 0.3 is 0 Å². The van der Waals surface area contributed by atoms with Gasteiger partial charge in [0.15, 0.2) is 0 Å². The van der Waals surface area contributed by atoms with E-state index in [1.807, 2.05) is 18.2 Å². The Kier molecular flexibility index (Phi) is 3.71. The van der Waals surface area contributed by atoms with Gasteiger partial charge in [-0.3, -0.25) is 5.84 Å². The molecule has 0 aromatic heterocycles. The summed E-state index contributed by atoms with van der Waals surface area (Å²) in [5.74, 6) is 3.51. The monoisotopic (exact) mass is 236 g/mol. The molecular formula is C7H10ClN2OPS. The fourth-order valence-corrected chi connectivity index (χ4v) is 1.68. The molecule has 0 aliphatic heterocycles. The first-order chi connectivity index (χ1) is 6.02. The lowest BCUT2D eigenvalue weighted by molar-refractivity contribution is 0.503. The summed E-state index contributed by atoms with van der Waals surface area (Å²) in [6.07, 6.45) is 0. The number of para-hydroxylation sites is 1. The van der Waals surface area contributed by atoms with Crippen molar-refractivity contribution in [1.29, 1.82) is 0 Å². The molecule has 0 fully saturated rings. The predicted octanol–water partition coefficient (Wildman–Crippen LogP) is 2.33. The number of rotatable bonds is 3. The lowest BCUT2D eigenvalue weighted by Crippen LogP contribution is -2.22. The molecule has 1 unspecified atom stereocenters. The van der Waals surface area contributed by atoms with Crippen molar-refractivity contribution in [3.8, 4) is 5.75 Å². The van der Waals surface area contributed by atoms with Crippen molar-refractivity contribution in [1.82, 2.24) is 4.78 Å². The van der Waals surface area contributed by atoms with E-state index in [9.17, 15) is 0 Å². The SMILES string of the molecule is CN(N)P(=S)(Cl)Oc1ccccc1. The molecule has 2 N–H and O–H groups in total. The summed E-state index contributed by atoms with van der Waals surface area (Å²) in [4.78, 5) is 0. The second kappa shape index (κ2) is 4.40. The predicted molar refractivity (Wildman–Crippen MR) is 59.2 cm³/mol. The van der Waals surface area contributed by atoms with Crippen LogP contribution in [0, 0.1) is 0 Å². The Morgan fingerprint density at radius 3 is 2.46 bits per heavy atom. The van der Waals surface area contributed by atoms with Gasteiger partial charge in [0.2, 0.25) is 0 Å². The highest BCUT2D eigenvalue weighted by Crippen LogP contribution is 2.53. The number of hydrogen-bond donors (Lipinski definition) is 1. The van der Waals surface area contributed by atoms with Crippen LogP contribution in [0.15, 0.2) is 30.3 Å². The van der Waals surface area contributed by atoms with Gasteiger partial charge in [0, 0.05) is 7.05 Å². The summed E-state index contributed by atoms with van der Waals surface area (Å²) >= 11 is 10.9. The van der Waals surface area contributed by atoms with E-state index in [2.05, 4.69) is 0 Å². The Hall–Kier alpha value is -0.120. The molecular weight excluding hydrogens is 227 g/mol. The van der Waals surface area contributed by atoms with Crippen LogP contribution in [0.1, 0.15) is 0 Å². The maximum Gasteiger partial charge on any atom is 0.284 e. The molecule has 1 aromatic rings. The van der Waals surface area contributed by atoms with E-state index in [1.54, 1.807) is 19.2 Å². The van der Waals surface area contributed by atoms with Crippen molar-refractivity contribution < 1.29 is 4.52 Å². The van der Waals surface area contributed by atoms with Crippen molar-refractivity contribution in [3.05, 3.63) is 30.3 Å². The summed E-state index contributed by atoms with van der Waals surface area (Å²) in [5, 5.41) is 0. The maximum absolute atomic E-state index is 5.91. The smallest absolute Gasteiger partial charge is 0.284 e. The molecule has 3 nitrogen and oxygen atoms in total. The Balaban J connectivity index is 2.76. The Morgan fingerprint density at radius 2 is 2.00 bits per heavy atom. The fourth-order valence-electron chi connectivity index (χ4n) is 0.676. The van der Waals surface area contributed by atoms with Crippen LogP contribution >= 0.6 is 17.0 Å². The molecule has 1 aromatic carbocycles. The Bertz CT molecular complexity index is 320. The molecule has 6 heteroatoms. The number of halogens is 1. The molecule has 0 bridgehead atoms.